The number of benzene rings is 2. The van der Waals surface area contributed by atoms with E-state index >= 15 is 0 Å². The fourth-order valence-electron chi connectivity index (χ4n) is 1.56. The standard InChI is InChI=1S/C14H11Cl3N2O/c1-8(9-2-4-11(20)5-3-9)18-19-14-12(16)6-10(15)7-13(14)17/h2-7,19-20H,1H3/b18-8+. The van der Waals surface area contributed by atoms with Gasteiger partial charge in [-0.15, -0.1) is 0 Å². The summed E-state index contributed by atoms with van der Waals surface area (Å²) in [6, 6.07) is 9.89. The maximum Gasteiger partial charge on any atom is 0.115 e. The predicted molar refractivity (Wildman–Crippen MR) is 85.4 cm³/mol. The molecule has 0 aliphatic heterocycles. The van der Waals surface area contributed by atoms with Crippen molar-refractivity contribution < 1.29 is 5.11 Å². The number of halogens is 3. The van der Waals surface area contributed by atoms with Crippen molar-refractivity contribution in [1.82, 2.24) is 0 Å². The number of rotatable bonds is 3. The highest BCUT2D eigenvalue weighted by Crippen LogP contribution is 2.33. The fraction of sp³-hybridized carbons (Fsp3) is 0.0714. The van der Waals surface area contributed by atoms with Crippen molar-refractivity contribution in [3.8, 4) is 5.75 Å². The third-order valence-corrected chi connectivity index (χ3v) is 3.44. The lowest BCUT2D eigenvalue weighted by atomic mass is 10.1. The van der Waals surface area contributed by atoms with Crippen molar-refractivity contribution in [1.29, 1.82) is 0 Å². The molecule has 2 aromatic carbocycles. The lowest BCUT2D eigenvalue weighted by molar-refractivity contribution is 0.475. The SMILES string of the molecule is C/C(=N\Nc1c(Cl)cc(Cl)cc1Cl)c1ccc(O)cc1. The minimum atomic E-state index is 0.207. The molecule has 3 nitrogen and oxygen atoms in total. The molecule has 0 saturated heterocycles. The van der Waals surface area contributed by atoms with Gasteiger partial charge in [0.2, 0.25) is 0 Å². The van der Waals surface area contributed by atoms with Gasteiger partial charge >= 0.3 is 0 Å². The van der Waals surface area contributed by atoms with E-state index in [1.54, 1.807) is 36.4 Å². The second-order valence-electron chi connectivity index (χ2n) is 4.10. The van der Waals surface area contributed by atoms with Crippen molar-refractivity contribution in [2.45, 2.75) is 6.92 Å². The third kappa shape index (κ3) is 3.57. The maximum absolute atomic E-state index is 9.24. The first-order valence-corrected chi connectivity index (χ1v) is 6.85. The van der Waals surface area contributed by atoms with Gasteiger partial charge in [0.1, 0.15) is 5.75 Å². The van der Waals surface area contributed by atoms with E-state index in [4.69, 9.17) is 34.8 Å². The van der Waals surface area contributed by atoms with Gasteiger partial charge in [0, 0.05) is 5.02 Å². The van der Waals surface area contributed by atoms with Crippen LogP contribution >= 0.6 is 34.8 Å². The molecule has 0 fully saturated rings. The normalized spacial score (nSPS) is 11.5. The lowest BCUT2D eigenvalue weighted by Gasteiger charge is -2.08. The minimum absolute atomic E-state index is 0.207. The molecular weight excluding hydrogens is 319 g/mol. The van der Waals surface area contributed by atoms with Crippen LogP contribution in [0.25, 0.3) is 0 Å². The number of anilines is 1. The number of phenolic OH excluding ortho intramolecular Hbond substituents is 1. The van der Waals surface area contributed by atoms with Crippen LogP contribution in [0.4, 0.5) is 5.69 Å². The molecule has 0 unspecified atom stereocenters. The van der Waals surface area contributed by atoms with Crippen LogP contribution in [-0.2, 0) is 0 Å². The first kappa shape index (κ1) is 15.0. The molecule has 0 saturated carbocycles. The molecule has 0 radical (unpaired) electrons. The summed E-state index contributed by atoms with van der Waals surface area (Å²) in [4.78, 5) is 0. The monoisotopic (exact) mass is 328 g/mol. The summed E-state index contributed by atoms with van der Waals surface area (Å²) in [6.45, 7) is 1.83. The average molecular weight is 330 g/mol. The van der Waals surface area contributed by atoms with Crippen LogP contribution in [0.3, 0.4) is 0 Å². The van der Waals surface area contributed by atoms with Crippen LogP contribution in [0, 0.1) is 0 Å². The Kier molecular flexibility index (Phi) is 4.76. The van der Waals surface area contributed by atoms with E-state index in [1.165, 1.54) is 0 Å². The lowest BCUT2D eigenvalue weighted by Crippen LogP contribution is -2.00. The van der Waals surface area contributed by atoms with Gasteiger partial charge in [0.15, 0.2) is 0 Å². The number of hydrogen-bond donors (Lipinski definition) is 2. The third-order valence-electron chi connectivity index (χ3n) is 2.63. The number of nitrogens with one attached hydrogen (secondary N) is 1. The van der Waals surface area contributed by atoms with Gasteiger partial charge in [-0.2, -0.15) is 5.10 Å². The van der Waals surface area contributed by atoms with E-state index in [0.29, 0.717) is 20.8 Å². The molecule has 0 aliphatic carbocycles. The topological polar surface area (TPSA) is 44.6 Å². The molecule has 0 amide bonds. The largest absolute Gasteiger partial charge is 0.508 e. The molecule has 0 heterocycles. The Morgan fingerprint density at radius 3 is 2.15 bits per heavy atom. The van der Waals surface area contributed by atoms with Crippen molar-refractivity contribution >= 4 is 46.2 Å². The molecule has 0 bridgehead atoms. The zero-order valence-corrected chi connectivity index (χ0v) is 12.8. The number of phenols is 1. The van der Waals surface area contributed by atoms with Crippen LogP contribution in [0.15, 0.2) is 41.5 Å². The van der Waals surface area contributed by atoms with E-state index in [-0.39, 0.29) is 5.75 Å². The second kappa shape index (κ2) is 6.35. The summed E-state index contributed by atoms with van der Waals surface area (Å²) in [6.07, 6.45) is 0. The maximum atomic E-state index is 9.24. The Morgan fingerprint density at radius 1 is 1.05 bits per heavy atom. The number of hydrazone groups is 1. The molecule has 2 aromatic rings. The van der Waals surface area contributed by atoms with Crippen LogP contribution in [-0.4, -0.2) is 10.8 Å². The van der Waals surface area contributed by atoms with Gasteiger partial charge < -0.3 is 5.11 Å². The first-order valence-electron chi connectivity index (χ1n) is 5.71. The van der Waals surface area contributed by atoms with Crippen LogP contribution in [0.1, 0.15) is 12.5 Å². The highest BCUT2D eigenvalue weighted by molar-refractivity contribution is 6.41. The van der Waals surface area contributed by atoms with Crippen LogP contribution in [0.5, 0.6) is 5.75 Å². The van der Waals surface area contributed by atoms with Gasteiger partial charge in [-0.25, -0.2) is 0 Å². The van der Waals surface area contributed by atoms with E-state index < -0.39 is 0 Å². The fourth-order valence-corrected chi connectivity index (χ4v) is 2.46. The molecule has 0 aliphatic rings. The molecular formula is C14H11Cl3N2O. The Balaban J connectivity index is 2.23. The number of nitrogens with zero attached hydrogens (tertiary/aromatic N) is 1. The van der Waals surface area contributed by atoms with Gasteiger partial charge in [-0.3, -0.25) is 5.43 Å². The van der Waals surface area contributed by atoms with Crippen LogP contribution in [0.2, 0.25) is 15.1 Å². The van der Waals surface area contributed by atoms with E-state index in [1.807, 2.05) is 6.92 Å². The summed E-state index contributed by atoms with van der Waals surface area (Å²) in [5.74, 6) is 0.207. The van der Waals surface area contributed by atoms with E-state index in [0.717, 1.165) is 11.3 Å². The minimum Gasteiger partial charge on any atom is -0.508 e. The van der Waals surface area contributed by atoms with E-state index in [2.05, 4.69) is 10.5 Å². The first-order chi connectivity index (χ1) is 9.47. The smallest absolute Gasteiger partial charge is 0.115 e. The van der Waals surface area contributed by atoms with Crippen molar-refractivity contribution in [2.75, 3.05) is 5.43 Å². The molecule has 0 aromatic heterocycles. The Bertz CT molecular complexity index is 631. The second-order valence-corrected chi connectivity index (χ2v) is 5.35. The molecule has 20 heavy (non-hydrogen) atoms. The molecule has 0 atom stereocenters. The van der Waals surface area contributed by atoms with Crippen molar-refractivity contribution in [2.24, 2.45) is 5.10 Å². The summed E-state index contributed by atoms with van der Waals surface area (Å²) >= 11 is 17.9. The average Bonchev–Trinajstić information content (AvgIpc) is 2.38. The van der Waals surface area contributed by atoms with Crippen molar-refractivity contribution in [3.05, 3.63) is 57.0 Å². The zero-order chi connectivity index (χ0) is 14.7. The summed E-state index contributed by atoms with van der Waals surface area (Å²) in [7, 11) is 0. The van der Waals surface area contributed by atoms with Gasteiger partial charge in [0.05, 0.1) is 21.4 Å². The van der Waals surface area contributed by atoms with E-state index in [9.17, 15) is 5.11 Å². The van der Waals surface area contributed by atoms with Gasteiger partial charge in [-0.05, 0) is 48.9 Å². The Morgan fingerprint density at radius 2 is 1.60 bits per heavy atom. The highest BCUT2D eigenvalue weighted by Gasteiger charge is 2.07. The van der Waals surface area contributed by atoms with Gasteiger partial charge in [-0.1, -0.05) is 34.8 Å². The Hall–Kier alpha value is -1.42. The zero-order valence-electron chi connectivity index (χ0n) is 10.5. The van der Waals surface area contributed by atoms with Crippen molar-refractivity contribution in [3.63, 3.8) is 0 Å². The number of aromatic hydroxyl groups is 1. The molecule has 2 rings (SSSR count). The quantitative estimate of drug-likeness (QED) is 0.601. The predicted octanol–water partition coefficient (Wildman–Crippen LogP) is 5.19. The molecule has 104 valence electrons. The van der Waals surface area contributed by atoms with Gasteiger partial charge in [0.25, 0.3) is 0 Å². The molecule has 2 N–H and O–H groups in total. The molecule has 6 heteroatoms. The summed E-state index contributed by atoms with van der Waals surface area (Å²) < 4.78 is 0. The van der Waals surface area contributed by atoms with Crippen LogP contribution < -0.4 is 5.43 Å². The highest BCUT2D eigenvalue weighted by atomic mass is 35.5. The molecule has 0 spiro atoms. The summed E-state index contributed by atoms with van der Waals surface area (Å²) in [5.41, 5.74) is 4.92. The number of hydrogen-bond acceptors (Lipinski definition) is 3. The Labute approximate surface area is 131 Å². The summed E-state index contributed by atoms with van der Waals surface area (Å²) in [5, 5.41) is 14.7.